The first-order valence-electron chi connectivity index (χ1n) is 9.90. The maximum absolute atomic E-state index is 5.94. The molecule has 0 aliphatic carbocycles. The summed E-state index contributed by atoms with van der Waals surface area (Å²) in [6.07, 6.45) is 5.87. The van der Waals surface area contributed by atoms with Crippen molar-refractivity contribution in [2.75, 3.05) is 0 Å². The van der Waals surface area contributed by atoms with E-state index in [1.54, 1.807) is 6.08 Å². The third kappa shape index (κ3) is 5.68. The van der Waals surface area contributed by atoms with E-state index in [-0.39, 0.29) is 17.0 Å². The molecule has 0 radical (unpaired) electrons. The molecule has 1 unspecified atom stereocenters. The molecule has 3 aromatic rings. The zero-order chi connectivity index (χ0) is 21.3. The number of allylic oxidation sites excluding steroid dienone is 3. The van der Waals surface area contributed by atoms with E-state index in [2.05, 4.69) is 37.4 Å². The lowest BCUT2D eigenvalue weighted by Crippen LogP contribution is -2.07. The molecule has 0 amide bonds. The zero-order valence-corrected chi connectivity index (χ0v) is 18.3. The van der Waals surface area contributed by atoms with Crippen molar-refractivity contribution >= 4 is 10.9 Å². The minimum absolute atomic E-state index is 0.149. The van der Waals surface area contributed by atoms with Crippen LogP contribution < -0.4 is 9.47 Å². The average molecular weight is 416 g/mol. The van der Waals surface area contributed by atoms with E-state index in [1.165, 1.54) is 9.79 Å². The molecule has 0 spiro atoms. The van der Waals surface area contributed by atoms with Crippen LogP contribution in [0.4, 0.5) is 0 Å². The normalized spacial score (nSPS) is 12.3. The van der Waals surface area contributed by atoms with E-state index in [9.17, 15) is 0 Å². The fraction of sp³-hybridized carbons (Fsp3) is 0.111. The Morgan fingerprint density at radius 2 is 1.30 bits per heavy atom. The third-order valence-electron chi connectivity index (χ3n) is 4.19. The van der Waals surface area contributed by atoms with Crippen LogP contribution in [0.2, 0.25) is 0 Å². The standard InChI is InChI=1S/C27H27O2S/c1-5-10-25(6-2)30(26-17-13-23(14-18-26)28-21(3)4)27-19-15-24(16-20-27)29-22-11-8-7-9-12-22/h5-21H,1-2H2,3-4H3/q+1/b25-10+. The highest BCUT2D eigenvalue weighted by Gasteiger charge is 2.29. The summed E-state index contributed by atoms with van der Waals surface area (Å²) in [5, 5.41) is 0. The van der Waals surface area contributed by atoms with Gasteiger partial charge in [-0.25, -0.2) is 0 Å². The zero-order valence-electron chi connectivity index (χ0n) is 17.5. The summed E-state index contributed by atoms with van der Waals surface area (Å²) in [4.78, 5) is 3.48. The van der Waals surface area contributed by atoms with Crippen LogP contribution in [-0.4, -0.2) is 6.10 Å². The van der Waals surface area contributed by atoms with Crippen molar-refractivity contribution in [3.8, 4) is 17.2 Å². The maximum atomic E-state index is 5.94. The number of para-hydroxylation sites is 1. The van der Waals surface area contributed by atoms with Crippen LogP contribution >= 0.6 is 0 Å². The van der Waals surface area contributed by atoms with Gasteiger partial charge in [0.15, 0.2) is 14.7 Å². The summed E-state index contributed by atoms with van der Waals surface area (Å²) in [5.41, 5.74) is 0. The van der Waals surface area contributed by atoms with Gasteiger partial charge in [0.1, 0.15) is 17.2 Å². The Hall–Kier alpha value is -3.17. The molecular formula is C27H27O2S+. The van der Waals surface area contributed by atoms with Crippen molar-refractivity contribution in [3.63, 3.8) is 0 Å². The highest BCUT2D eigenvalue weighted by atomic mass is 32.2. The number of ether oxygens (including phenoxy) is 2. The van der Waals surface area contributed by atoms with Crippen LogP contribution in [0.15, 0.2) is 125 Å². The molecule has 152 valence electrons. The third-order valence-corrected chi connectivity index (χ3v) is 6.45. The van der Waals surface area contributed by atoms with Crippen molar-refractivity contribution in [2.45, 2.75) is 29.7 Å². The van der Waals surface area contributed by atoms with Crippen molar-refractivity contribution in [2.24, 2.45) is 0 Å². The highest BCUT2D eigenvalue weighted by molar-refractivity contribution is 8.00. The Balaban J connectivity index is 1.91. The molecule has 0 saturated heterocycles. The van der Waals surface area contributed by atoms with Crippen molar-refractivity contribution in [3.05, 3.63) is 115 Å². The van der Waals surface area contributed by atoms with E-state index >= 15 is 0 Å². The summed E-state index contributed by atoms with van der Waals surface area (Å²) in [5.74, 6) is 2.50. The molecule has 0 aliphatic heterocycles. The number of rotatable bonds is 9. The Morgan fingerprint density at radius 3 is 1.80 bits per heavy atom. The first-order chi connectivity index (χ1) is 14.6. The molecule has 0 heterocycles. The van der Waals surface area contributed by atoms with Crippen LogP contribution in [0.3, 0.4) is 0 Å². The second-order valence-corrected chi connectivity index (χ2v) is 8.87. The summed E-state index contributed by atoms with van der Waals surface area (Å²) >= 11 is 0. The molecule has 3 aromatic carbocycles. The molecule has 1 atom stereocenters. The summed E-state index contributed by atoms with van der Waals surface area (Å²) in [6.45, 7) is 11.9. The minimum Gasteiger partial charge on any atom is -0.491 e. The average Bonchev–Trinajstić information content (AvgIpc) is 2.76. The fourth-order valence-corrected chi connectivity index (χ4v) is 4.97. The summed E-state index contributed by atoms with van der Waals surface area (Å²) in [6, 6.07) is 26.3. The Bertz CT molecular complexity index is 987. The predicted molar refractivity (Wildman–Crippen MR) is 128 cm³/mol. The topological polar surface area (TPSA) is 18.5 Å². The number of hydrogen-bond donors (Lipinski definition) is 0. The van der Waals surface area contributed by atoms with Gasteiger partial charge in [0.2, 0.25) is 0 Å². The minimum atomic E-state index is -0.304. The predicted octanol–water partition coefficient (Wildman–Crippen LogP) is 7.56. The molecule has 0 fully saturated rings. The molecule has 0 saturated carbocycles. The van der Waals surface area contributed by atoms with Gasteiger partial charge in [0.25, 0.3) is 0 Å². The highest BCUT2D eigenvalue weighted by Crippen LogP contribution is 2.33. The van der Waals surface area contributed by atoms with Crippen molar-refractivity contribution < 1.29 is 9.47 Å². The van der Waals surface area contributed by atoms with Gasteiger partial charge in [-0.2, -0.15) is 0 Å². The molecule has 3 rings (SSSR count). The van der Waals surface area contributed by atoms with E-state index < -0.39 is 0 Å². The van der Waals surface area contributed by atoms with E-state index in [0.717, 1.165) is 22.2 Å². The molecule has 2 nitrogen and oxygen atoms in total. The maximum Gasteiger partial charge on any atom is 0.166 e. The van der Waals surface area contributed by atoms with Crippen LogP contribution in [0.5, 0.6) is 17.2 Å². The van der Waals surface area contributed by atoms with Gasteiger partial charge in [0, 0.05) is 0 Å². The fourth-order valence-electron chi connectivity index (χ4n) is 2.94. The van der Waals surface area contributed by atoms with Crippen molar-refractivity contribution in [1.29, 1.82) is 0 Å². The molecular weight excluding hydrogens is 388 g/mol. The number of benzene rings is 3. The van der Waals surface area contributed by atoms with Crippen molar-refractivity contribution in [1.82, 2.24) is 0 Å². The lowest BCUT2D eigenvalue weighted by molar-refractivity contribution is 0.242. The van der Waals surface area contributed by atoms with Gasteiger partial charge >= 0.3 is 0 Å². The summed E-state index contributed by atoms with van der Waals surface area (Å²) in [7, 11) is -0.304. The van der Waals surface area contributed by atoms with Gasteiger partial charge in [0.05, 0.1) is 17.0 Å². The lowest BCUT2D eigenvalue weighted by Gasteiger charge is -2.12. The van der Waals surface area contributed by atoms with Crippen LogP contribution in [0.25, 0.3) is 0 Å². The summed E-state index contributed by atoms with van der Waals surface area (Å²) < 4.78 is 11.7. The Kier molecular flexibility index (Phi) is 7.58. The SMILES string of the molecule is C=C/C=C(\C=C)[S+](c1ccc(Oc2ccccc2)cc1)c1ccc(OC(C)C)cc1. The Labute approximate surface area is 182 Å². The second-order valence-electron chi connectivity index (χ2n) is 6.84. The molecule has 0 aliphatic rings. The smallest absolute Gasteiger partial charge is 0.166 e. The molecule has 0 aromatic heterocycles. The monoisotopic (exact) mass is 415 g/mol. The van der Waals surface area contributed by atoms with E-state index in [4.69, 9.17) is 9.47 Å². The quantitative estimate of drug-likeness (QED) is 0.265. The van der Waals surface area contributed by atoms with Gasteiger partial charge in [-0.15, -0.1) is 0 Å². The second kappa shape index (κ2) is 10.6. The number of hydrogen-bond acceptors (Lipinski definition) is 2. The van der Waals surface area contributed by atoms with Gasteiger partial charge in [-0.05, 0) is 86.7 Å². The van der Waals surface area contributed by atoms with Crippen LogP contribution in [0, 0.1) is 0 Å². The van der Waals surface area contributed by atoms with Gasteiger partial charge in [-0.3, -0.25) is 0 Å². The molecule has 3 heteroatoms. The van der Waals surface area contributed by atoms with Gasteiger partial charge < -0.3 is 9.47 Å². The molecule has 0 N–H and O–H groups in total. The first-order valence-corrected chi connectivity index (χ1v) is 11.1. The van der Waals surface area contributed by atoms with Gasteiger partial charge in [-0.1, -0.05) is 37.4 Å². The van der Waals surface area contributed by atoms with E-state index in [1.807, 2.05) is 80.6 Å². The van der Waals surface area contributed by atoms with Crippen LogP contribution in [0.1, 0.15) is 13.8 Å². The van der Waals surface area contributed by atoms with E-state index in [0.29, 0.717) is 0 Å². The molecule has 30 heavy (non-hydrogen) atoms. The first kappa shape index (κ1) is 21.5. The molecule has 0 bridgehead atoms. The lowest BCUT2D eigenvalue weighted by atomic mass is 10.3. The van der Waals surface area contributed by atoms with Crippen LogP contribution in [-0.2, 0) is 10.9 Å². The largest absolute Gasteiger partial charge is 0.491 e. The Morgan fingerprint density at radius 1 is 0.767 bits per heavy atom.